The third-order valence-electron chi connectivity index (χ3n) is 10.1. The van der Waals surface area contributed by atoms with Crippen molar-refractivity contribution >= 4 is 110 Å². The van der Waals surface area contributed by atoms with Crippen molar-refractivity contribution in [2.24, 2.45) is 16.2 Å². The van der Waals surface area contributed by atoms with Crippen molar-refractivity contribution < 1.29 is 58.7 Å². The molecule has 0 spiro atoms. The quantitative estimate of drug-likeness (QED) is 0.0710. The number of pyridine rings is 3. The number of hydrogen-bond donors (Lipinski definition) is 7. The highest BCUT2D eigenvalue weighted by Crippen LogP contribution is 2.44. The molecule has 3 amide bonds. The molecule has 0 aromatic carbocycles. The summed E-state index contributed by atoms with van der Waals surface area (Å²) in [4.78, 5) is 80.5. The summed E-state index contributed by atoms with van der Waals surface area (Å²) >= 11 is 6.45. The number of ether oxygens (including phenoxy) is 2. The lowest BCUT2D eigenvalue weighted by molar-refractivity contribution is -0.148. The summed E-state index contributed by atoms with van der Waals surface area (Å²) < 4.78 is 10.2. The summed E-state index contributed by atoms with van der Waals surface area (Å²) in [6.07, 6.45) is 7.01. The molecule has 3 aromatic rings. The van der Waals surface area contributed by atoms with Crippen molar-refractivity contribution in [1.29, 1.82) is 0 Å². The fourth-order valence-electron chi connectivity index (χ4n) is 5.89. The number of fused-ring (bicyclic) bond motifs is 3. The van der Waals surface area contributed by atoms with Crippen LogP contribution >= 0.6 is 44.3 Å². The number of nitrogens with zero attached hydrogens (tertiary/aromatic N) is 3. The van der Waals surface area contributed by atoms with Gasteiger partial charge in [-0.25, -0.2) is 24.5 Å². The number of alkyl halides is 1. The first kappa shape index (κ1) is 58.0. The molecule has 0 aliphatic carbocycles. The third kappa shape index (κ3) is 15.2. The van der Waals surface area contributed by atoms with Gasteiger partial charge in [0.25, 0.3) is 0 Å². The number of anilines is 3. The molecule has 0 fully saturated rings. The largest absolute Gasteiger partial charge is 0.478 e. The molecule has 0 saturated heterocycles. The van der Waals surface area contributed by atoms with Crippen molar-refractivity contribution in [1.82, 2.24) is 15.0 Å². The summed E-state index contributed by atoms with van der Waals surface area (Å²) in [6, 6.07) is 5.09. The van der Waals surface area contributed by atoms with Gasteiger partial charge in [-0.2, -0.15) is 0 Å². The maximum absolute atomic E-state index is 11.9. The molecule has 0 saturated carbocycles. The van der Waals surface area contributed by atoms with E-state index < -0.39 is 56.4 Å². The van der Waals surface area contributed by atoms with E-state index in [9.17, 15) is 44.1 Å². The fourth-order valence-corrected chi connectivity index (χ4v) is 6.35. The molecule has 67 heavy (non-hydrogen) atoms. The van der Waals surface area contributed by atoms with Gasteiger partial charge >= 0.3 is 17.9 Å². The lowest BCUT2D eigenvalue weighted by Crippen LogP contribution is -2.41. The van der Waals surface area contributed by atoms with Crippen LogP contribution in [-0.4, -0.2) is 87.5 Å². The molecular formula is C46H59Br2ClN6O12. The van der Waals surface area contributed by atoms with Crippen LogP contribution in [0, 0.1) is 16.2 Å². The van der Waals surface area contributed by atoms with Crippen LogP contribution in [0.4, 0.5) is 17.5 Å². The second-order valence-corrected chi connectivity index (χ2v) is 21.4. The van der Waals surface area contributed by atoms with Gasteiger partial charge in [-0.15, -0.1) is 12.4 Å². The van der Waals surface area contributed by atoms with E-state index in [0.29, 0.717) is 51.9 Å². The Kier molecular flexibility index (Phi) is 19.7. The summed E-state index contributed by atoms with van der Waals surface area (Å²) in [5.74, 6) is -1.43. The number of aliphatic hydroxyl groups is 3. The van der Waals surface area contributed by atoms with Gasteiger partial charge in [-0.3, -0.25) is 19.2 Å². The Labute approximate surface area is 412 Å². The third-order valence-corrected chi connectivity index (χ3v) is 10.9. The molecule has 3 aromatic heterocycles. The normalized spacial score (nSPS) is 19.5. The smallest absolute Gasteiger partial charge is 0.331 e. The molecule has 6 rings (SSSR count). The Morgan fingerprint density at radius 2 is 1.04 bits per heavy atom. The van der Waals surface area contributed by atoms with Gasteiger partial charge < -0.3 is 45.9 Å². The standard InChI is InChI=1S/C17H22N2O4.C13H14N2O4.C10H11BrN2O2.C6H11BrO2.ClH/c1-16(2,3)23-12(20)7-6-10-8-11-13(21)17(4,5)15(22)19-14(11)18-9-10;1-13(2)10(18)8-5-7(3-4-9(16)17)6-14-11(8)15-12(13)19;1-10(2)7(14)6-3-5(11)4-12-8(6)13-9(10)15;1-4-9-5(8)6(2,3)7;/h6-9,13,21H,1-5H3,(H,18,19,22);3-6,10,18H,1-2H3,(H,16,17)(H,14,15,19);3-4,7,14H,1-2H3,(H,12,13,15);4H2,1-3H3;1H/b7-6+;4-3+;;;. The van der Waals surface area contributed by atoms with Gasteiger partial charge in [0, 0.05) is 51.9 Å². The summed E-state index contributed by atoms with van der Waals surface area (Å²) in [7, 11) is 0. The summed E-state index contributed by atoms with van der Waals surface area (Å²) in [5, 5.41) is 47.2. The molecule has 0 radical (unpaired) electrons. The van der Waals surface area contributed by atoms with Crippen LogP contribution in [0.1, 0.15) is 129 Å². The maximum atomic E-state index is 11.9. The first-order valence-corrected chi connectivity index (χ1v) is 22.1. The van der Waals surface area contributed by atoms with Crippen LogP contribution < -0.4 is 16.0 Å². The highest BCUT2D eigenvalue weighted by atomic mass is 79.9. The minimum atomic E-state index is -1.06. The zero-order valence-electron chi connectivity index (χ0n) is 39.3. The first-order valence-electron chi connectivity index (χ1n) is 20.6. The Morgan fingerprint density at radius 3 is 1.37 bits per heavy atom. The molecule has 7 N–H and O–H groups in total. The van der Waals surface area contributed by atoms with Gasteiger partial charge in [0.1, 0.15) is 27.4 Å². The number of aliphatic hydroxyl groups excluding tert-OH is 3. The average molecular weight is 1080 g/mol. The molecule has 3 unspecified atom stereocenters. The number of carbonyl (C=O) groups excluding carboxylic acids is 5. The van der Waals surface area contributed by atoms with Crippen LogP contribution in [0.15, 0.2) is 53.4 Å². The molecule has 3 atom stereocenters. The van der Waals surface area contributed by atoms with Gasteiger partial charge in [0.15, 0.2) is 0 Å². The van der Waals surface area contributed by atoms with E-state index >= 15 is 0 Å². The molecule has 0 bridgehead atoms. The number of nitrogens with one attached hydrogen (secondary N) is 3. The van der Waals surface area contributed by atoms with Crippen molar-refractivity contribution in [3.8, 4) is 0 Å². The van der Waals surface area contributed by atoms with E-state index in [0.717, 1.165) is 10.5 Å². The van der Waals surface area contributed by atoms with Gasteiger partial charge in [0.2, 0.25) is 17.7 Å². The van der Waals surface area contributed by atoms with Crippen LogP contribution in [0.5, 0.6) is 0 Å². The molecule has 18 nitrogen and oxygen atoms in total. The predicted octanol–water partition coefficient (Wildman–Crippen LogP) is 7.64. The van der Waals surface area contributed by atoms with Crippen molar-refractivity contribution in [2.45, 2.75) is 111 Å². The van der Waals surface area contributed by atoms with E-state index in [1.54, 1.807) is 114 Å². The maximum Gasteiger partial charge on any atom is 0.331 e. The van der Waals surface area contributed by atoms with Gasteiger partial charge in [-0.05, 0) is 140 Å². The first-order chi connectivity index (χ1) is 30.2. The van der Waals surface area contributed by atoms with E-state index in [-0.39, 0.29) is 36.1 Å². The van der Waals surface area contributed by atoms with Gasteiger partial charge in [-0.1, -0.05) is 15.9 Å². The molecule has 366 valence electrons. The van der Waals surface area contributed by atoms with Crippen molar-refractivity contribution in [3.63, 3.8) is 0 Å². The Balaban J connectivity index is 0.000000319. The lowest BCUT2D eigenvalue weighted by atomic mass is 9.79. The second kappa shape index (κ2) is 22.8. The highest BCUT2D eigenvalue weighted by Gasteiger charge is 2.44. The molecule has 3 aliphatic rings. The zero-order chi connectivity index (χ0) is 50.3. The van der Waals surface area contributed by atoms with Crippen LogP contribution in [0.25, 0.3) is 12.2 Å². The molecule has 3 aliphatic heterocycles. The Bertz CT molecular complexity index is 2410. The summed E-state index contributed by atoms with van der Waals surface area (Å²) in [5.41, 5.74) is -0.429. The van der Waals surface area contributed by atoms with Crippen molar-refractivity contribution in [2.75, 3.05) is 22.6 Å². The molecular weight excluding hydrogens is 1020 g/mol. The van der Waals surface area contributed by atoms with Crippen molar-refractivity contribution in [3.05, 3.63) is 81.2 Å². The molecule has 21 heteroatoms. The van der Waals surface area contributed by atoms with E-state index in [1.807, 2.05) is 0 Å². The number of rotatable bonds is 6. The average Bonchev–Trinajstić information content (AvgIpc) is 3.21. The highest BCUT2D eigenvalue weighted by molar-refractivity contribution is 9.10. The van der Waals surface area contributed by atoms with E-state index in [4.69, 9.17) is 14.6 Å². The topological polar surface area (TPSA) is 277 Å². The SMILES string of the molecule is CC(C)(C)OC(=O)/C=C/c1cnc2c(c1)C(O)C(C)(C)C(=O)N2.CC1(C)C(=O)Nc2ncc(/C=C/C(=O)O)cc2C1O.CC1(C)C(=O)Nc2ncc(Br)cc2C1O.CCOC(=O)C(C)(C)Br.Cl. The number of carbonyl (C=O) groups is 6. The number of hydrogen-bond acceptors (Lipinski definition) is 14. The monoisotopic (exact) mass is 1080 g/mol. The molecule has 6 heterocycles. The number of aliphatic carboxylic acids is 1. The summed E-state index contributed by atoms with van der Waals surface area (Å²) in [6.45, 7) is 21.1. The van der Waals surface area contributed by atoms with Crippen LogP contribution in [0.3, 0.4) is 0 Å². The van der Waals surface area contributed by atoms with Crippen LogP contribution in [-0.2, 0) is 38.2 Å². The number of carboxylic acids is 1. The van der Waals surface area contributed by atoms with E-state index in [2.05, 4.69) is 62.8 Å². The predicted molar refractivity (Wildman–Crippen MR) is 261 cm³/mol. The second-order valence-electron chi connectivity index (χ2n) is 18.5. The van der Waals surface area contributed by atoms with Gasteiger partial charge in [0.05, 0.1) is 41.2 Å². The number of carboxylic acid groups (broad SMARTS) is 1. The minimum Gasteiger partial charge on any atom is -0.478 e. The minimum absolute atomic E-state index is 0. The van der Waals surface area contributed by atoms with Crippen LogP contribution in [0.2, 0.25) is 0 Å². The fraction of sp³-hybridized carbons (Fsp3) is 0.457. The van der Waals surface area contributed by atoms with E-state index in [1.165, 1.54) is 24.5 Å². The Hall–Kier alpha value is -5.12. The lowest BCUT2D eigenvalue weighted by Gasteiger charge is -2.34. The Morgan fingerprint density at radius 1 is 0.687 bits per heavy atom. The number of esters is 2. The number of aromatic nitrogens is 3. The number of halogens is 3. The number of amides is 3. The zero-order valence-corrected chi connectivity index (χ0v) is 43.3.